The van der Waals surface area contributed by atoms with Crippen molar-refractivity contribution >= 4 is 22.9 Å². The first-order valence-corrected chi connectivity index (χ1v) is 6.42. The Kier molecular flexibility index (Phi) is 3.15. The van der Waals surface area contributed by atoms with Gasteiger partial charge in [0.1, 0.15) is 0 Å². The number of halogens is 1. The third-order valence-electron chi connectivity index (χ3n) is 3.17. The van der Waals surface area contributed by atoms with E-state index in [9.17, 15) is 0 Å². The average molecular weight is 230 g/mol. The second-order valence-electron chi connectivity index (χ2n) is 4.23. The van der Waals surface area contributed by atoms with Crippen molar-refractivity contribution in [1.29, 1.82) is 0 Å². The summed E-state index contributed by atoms with van der Waals surface area (Å²) in [6.07, 6.45) is 2.69. The third-order valence-corrected chi connectivity index (χ3v) is 4.28. The zero-order valence-electron chi connectivity index (χ0n) is 8.59. The summed E-state index contributed by atoms with van der Waals surface area (Å²) >= 11 is 7.52. The van der Waals surface area contributed by atoms with Crippen molar-refractivity contribution in [3.8, 4) is 0 Å². The van der Waals surface area contributed by atoms with Crippen LogP contribution in [0.3, 0.4) is 0 Å². The molecule has 0 saturated heterocycles. The Morgan fingerprint density at radius 2 is 2.36 bits per heavy atom. The van der Waals surface area contributed by atoms with E-state index in [-0.39, 0.29) is 0 Å². The van der Waals surface area contributed by atoms with E-state index in [1.54, 1.807) is 11.3 Å². The first-order chi connectivity index (χ1) is 6.66. The largest absolute Gasteiger partial charge is 0.307 e. The fourth-order valence-electron chi connectivity index (χ4n) is 1.88. The van der Waals surface area contributed by atoms with Crippen LogP contribution < -0.4 is 5.32 Å². The second kappa shape index (κ2) is 4.21. The van der Waals surface area contributed by atoms with E-state index in [0.717, 1.165) is 10.3 Å². The molecule has 0 radical (unpaired) electrons. The molecule has 3 heteroatoms. The van der Waals surface area contributed by atoms with Crippen LogP contribution in [0.2, 0.25) is 4.34 Å². The molecule has 1 N–H and O–H groups in total. The molecule has 1 aliphatic rings. The van der Waals surface area contributed by atoms with E-state index in [2.05, 4.69) is 30.6 Å². The van der Waals surface area contributed by atoms with Gasteiger partial charge in [0.05, 0.1) is 4.34 Å². The minimum absolute atomic E-state index is 0.437. The van der Waals surface area contributed by atoms with Gasteiger partial charge in [-0.1, -0.05) is 18.5 Å². The third kappa shape index (κ3) is 2.13. The topological polar surface area (TPSA) is 12.0 Å². The maximum absolute atomic E-state index is 5.91. The Balaban J connectivity index is 1.92. The van der Waals surface area contributed by atoms with Crippen LogP contribution in [-0.4, -0.2) is 6.04 Å². The molecule has 1 nitrogen and oxygen atoms in total. The molecule has 3 unspecified atom stereocenters. The summed E-state index contributed by atoms with van der Waals surface area (Å²) < 4.78 is 0.885. The summed E-state index contributed by atoms with van der Waals surface area (Å²) in [6.45, 7) is 4.53. The molecule has 78 valence electrons. The summed E-state index contributed by atoms with van der Waals surface area (Å²) in [7, 11) is 0. The molecule has 0 spiro atoms. The first-order valence-electron chi connectivity index (χ1n) is 5.17. The molecule has 1 aromatic heterocycles. The van der Waals surface area contributed by atoms with Gasteiger partial charge < -0.3 is 5.32 Å². The molecule has 0 bridgehead atoms. The summed E-state index contributed by atoms with van der Waals surface area (Å²) in [5.74, 6) is 0.839. The highest BCUT2D eigenvalue weighted by molar-refractivity contribution is 7.14. The minimum atomic E-state index is 0.437. The molecule has 1 heterocycles. The van der Waals surface area contributed by atoms with Crippen molar-refractivity contribution in [3.05, 3.63) is 21.3 Å². The number of rotatable bonds is 3. The number of thiophene rings is 1. The second-order valence-corrected chi connectivity index (χ2v) is 5.78. The van der Waals surface area contributed by atoms with Crippen LogP contribution in [-0.2, 0) is 0 Å². The van der Waals surface area contributed by atoms with Crippen molar-refractivity contribution in [2.24, 2.45) is 5.92 Å². The number of hydrogen-bond acceptors (Lipinski definition) is 2. The monoisotopic (exact) mass is 229 g/mol. The predicted octanol–water partition coefficient (Wildman–Crippen LogP) is 3.85. The SMILES string of the molecule is CC(NC1CCC1C)c1csc(Cl)c1. The lowest BCUT2D eigenvalue weighted by Crippen LogP contribution is -2.43. The molecule has 0 amide bonds. The van der Waals surface area contributed by atoms with Gasteiger partial charge in [0.15, 0.2) is 0 Å². The molecular weight excluding hydrogens is 214 g/mol. The fraction of sp³-hybridized carbons (Fsp3) is 0.636. The van der Waals surface area contributed by atoms with Crippen molar-refractivity contribution < 1.29 is 0 Å². The summed E-state index contributed by atoms with van der Waals surface area (Å²) in [6, 6.07) is 3.21. The van der Waals surface area contributed by atoms with Gasteiger partial charge in [-0.25, -0.2) is 0 Å². The van der Waals surface area contributed by atoms with Crippen LogP contribution in [0.15, 0.2) is 11.4 Å². The zero-order valence-corrected chi connectivity index (χ0v) is 10.2. The lowest BCUT2D eigenvalue weighted by Gasteiger charge is -2.36. The normalized spacial score (nSPS) is 28.5. The van der Waals surface area contributed by atoms with Crippen LogP contribution >= 0.6 is 22.9 Å². The molecular formula is C11H16ClNS. The lowest BCUT2D eigenvalue weighted by molar-refractivity contribution is 0.214. The quantitative estimate of drug-likeness (QED) is 0.830. The highest BCUT2D eigenvalue weighted by atomic mass is 35.5. The van der Waals surface area contributed by atoms with Gasteiger partial charge >= 0.3 is 0 Å². The Morgan fingerprint density at radius 1 is 1.57 bits per heavy atom. The highest BCUT2D eigenvalue weighted by Crippen LogP contribution is 2.30. The Labute approximate surface area is 94.5 Å². The molecule has 1 aromatic rings. The van der Waals surface area contributed by atoms with Gasteiger partial charge in [0.25, 0.3) is 0 Å². The molecule has 2 rings (SSSR count). The van der Waals surface area contributed by atoms with E-state index < -0.39 is 0 Å². The van der Waals surface area contributed by atoms with Gasteiger partial charge in [0, 0.05) is 12.1 Å². The maximum atomic E-state index is 5.91. The average Bonchev–Trinajstić information content (AvgIpc) is 2.58. The van der Waals surface area contributed by atoms with Gasteiger partial charge in [-0.05, 0) is 42.7 Å². The molecule has 0 aliphatic heterocycles. The van der Waals surface area contributed by atoms with Crippen LogP contribution in [0.5, 0.6) is 0 Å². The van der Waals surface area contributed by atoms with Gasteiger partial charge in [-0.15, -0.1) is 11.3 Å². The first kappa shape index (κ1) is 10.5. The van der Waals surface area contributed by atoms with E-state index in [0.29, 0.717) is 12.1 Å². The molecule has 1 fully saturated rings. The minimum Gasteiger partial charge on any atom is -0.307 e. The van der Waals surface area contributed by atoms with Crippen molar-refractivity contribution in [3.63, 3.8) is 0 Å². The predicted molar refractivity (Wildman–Crippen MR) is 63.1 cm³/mol. The van der Waals surface area contributed by atoms with Gasteiger partial charge in [-0.2, -0.15) is 0 Å². The Bertz CT molecular complexity index is 310. The molecule has 1 saturated carbocycles. The Morgan fingerprint density at radius 3 is 2.79 bits per heavy atom. The fourth-order valence-corrected chi connectivity index (χ4v) is 2.87. The molecule has 1 aliphatic carbocycles. The van der Waals surface area contributed by atoms with Crippen LogP contribution in [0, 0.1) is 5.92 Å². The lowest BCUT2D eigenvalue weighted by atomic mass is 9.80. The molecule has 14 heavy (non-hydrogen) atoms. The molecule has 0 aromatic carbocycles. The van der Waals surface area contributed by atoms with Crippen molar-refractivity contribution in [1.82, 2.24) is 5.32 Å². The van der Waals surface area contributed by atoms with Crippen LogP contribution in [0.4, 0.5) is 0 Å². The maximum Gasteiger partial charge on any atom is 0.0931 e. The van der Waals surface area contributed by atoms with Crippen LogP contribution in [0.25, 0.3) is 0 Å². The highest BCUT2D eigenvalue weighted by Gasteiger charge is 2.27. The summed E-state index contributed by atoms with van der Waals surface area (Å²) in [5.41, 5.74) is 1.32. The smallest absolute Gasteiger partial charge is 0.0931 e. The molecule has 3 atom stereocenters. The number of hydrogen-bond donors (Lipinski definition) is 1. The van der Waals surface area contributed by atoms with Crippen molar-refractivity contribution in [2.45, 2.75) is 38.8 Å². The summed E-state index contributed by atoms with van der Waals surface area (Å²) in [4.78, 5) is 0. The Hall–Kier alpha value is -0.0500. The standard InChI is InChI=1S/C11H16ClNS/c1-7-3-4-10(7)13-8(2)9-5-11(12)14-6-9/h5-8,10,13H,3-4H2,1-2H3. The van der Waals surface area contributed by atoms with Crippen LogP contribution in [0.1, 0.15) is 38.3 Å². The van der Waals surface area contributed by atoms with Gasteiger partial charge in [-0.3, -0.25) is 0 Å². The van der Waals surface area contributed by atoms with E-state index >= 15 is 0 Å². The number of nitrogens with one attached hydrogen (secondary N) is 1. The van der Waals surface area contributed by atoms with E-state index in [1.807, 2.05) is 0 Å². The van der Waals surface area contributed by atoms with E-state index in [4.69, 9.17) is 11.6 Å². The van der Waals surface area contributed by atoms with E-state index in [1.165, 1.54) is 18.4 Å². The zero-order chi connectivity index (χ0) is 10.1. The summed E-state index contributed by atoms with van der Waals surface area (Å²) in [5, 5.41) is 5.79. The van der Waals surface area contributed by atoms with Gasteiger partial charge in [0.2, 0.25) is 0 Å². The van der Waals surface area contributed by atoms with Crippen molar-refractivity contribution in [2.75, 3.05) is 0 Å².